The number of esters is 1. The van der Waals surface area contributed by atoms with Crippen LogP contribution in [0.5, 0.6) is 0 Å². The molecule has 7 heteroatoms. The second-order valence-corrected chi connectivity index (χ2v) is 12.6. The van der Waals surface area contributed by atoms with Crippen molar-refractivity contribution >= 4 is 17.8 Å². The van der Waals surface area contributed by atoms with Crippen LogP contribution in [0.15, 0.2) is 36.5 Å². The SMILES string of the molecule is CC/C=C\C/C=C\C/C=C\C(CCCCCCCCC(=O)NC(CCCN)C(=O)O)OC(=O)CCCCCCCCCCCCC. The van der Waals surface area contributed by atoms with E-state index in [0.717, 1.165) is 77.0 Å². The largest absolute Gasteiger partial charge is 0.480 e. The fourth-order valence-electron chi connectivity index (χ4n) is 5.38. The molecular weight excluding hydrogens is 576 g/mol. The second kappa shape index (κ2) is 33.9. The van der Waals surface area contributed by atoms with Crippen LogP contribution < -0.4 is 11.1 Å². The quantitative estimate of drug-likeness (QED) is 0.0371. The van der Waals surface area contributed by atoms with Crippen LogP contribution >= 0.6 is 0 Å². The molecule has 0 aromatic carbocycles. The maximum absolute atomic E-state index is 12.6. The van der Waals surface area contributed by atoms with Gasteiger partial charge in [0.2, 0.25) is 5.91 Å². The van der Waals surface area contributed by atoms with Crippen molar-refractivity contribution in [2.24, 2.45) is 5.73 Å². The van der Waals surface area contributed by atoms with E-state index in [2.05, 4.69) is 55.6 Å². The molecule has 0 heterocycles. The number of allylic oxidation sites excluding steroid dienone is 5. The van der Waals surface area contributed by atoms with Gasteiger partial charge in [0.1, 0.15) is 12.1 Å². The number of nitrogens with two attached hydrogens (primary N) is 1. The van der Waals surface area contributed by atoms with Gasteiger partial charge in [-0.25, -0.2) is 4.79 Å². The van der Waals surface area contributed by atoms with Crippen molar-refractivity contribution in [3.8, 4) is 0 Å². The van der Waals surface area contributed by atoms with Crippen LogP contribution in [0.2, 0.25) is 0 Å². The minimum atomic E-state index is -1.01. The summed E-state index contributed by atoms with van der Waals surface area (Å²) in [4.78, 5) is 36.0. The highest BCUT2D eigenvalue weighted by atomic mass is 16.5. The molecule has 0 saturated carbocycles. The first kappa shape index (κ1) is 43.6. The lowest BCUT2D eigenvalue weighted by Crippen LogP contribution is -2.40. The summed E-state index contributed by atoms with van der Waals surface area (Å²) in [5.41, 5.74) is 5.46. The van der Waals surface area contributed by atoms with Crippen LogP contribution in [0.4, 0.5) is 0 Å². The van der Waals surface area contributed by atoms with E-state index in [0.29, 0.717) is 32.2 Å². The van der Waals surface area contributed by atoms with E-state index in [1.165, 1.54) is 57.8 Å². The summed E-state index contributed by atoms with van der Waals surface area (Å²) in [6.45, 7) is 4.80. The Morgan fingerprint density at radius 2 is 1.17 bits per heavy atom. The van der Waals surface area contributed by atoms with Gasteiger partial charge >= 0.3 is 11.9 Å². The molecule has 46 heavy (non-hydrogen) atoms. The number of amides is 1. The van der Waals surface area contributed by atoms with Crippen molar-refractivity contribution in [2.75, 3.05) is 6.54 Å². The molecule has 2 atom stereocenters. The number of carbonyl (C=O) groups excluding carboxylic acids is 2. The van der Waals surface area contributed by atoms with Gasteiger partial charge in [0.25, 0.3) is 0 Å². The molecule has 0 spiro atoms. The predicted molar refractivity (Wildman–Crippen MR) is 193 cm³/mol. The number of rotatable bonds is 33. The highest BCUT2D eigenvalue weighted by Gasteiger charge is 2.18. The summed E-state index contributed by atoms with van der Waals surface area (Å²) in [6.07, 6.45) is 37.8. The summed E-state index contributed by atoms with van der Waals surface area (Å²) >= 11 is 0. The van der Waals surface area contributed by atoms with Crippen molar-refractivity contribution in [3.63, 3.8) is 0 Å². The fraction of sp³-hybridized carbons (Fsp3) is 0.769. The second-order valence-electron chi connectivity index (χ2n) is 12.6. The molecule has 0 fully saturated rings. The average Bonchev–Trinajstić information content (AvgIpc) is 3.03. The van der Waals surface area contributed by atoms with Gasteiger partial charge in [-0.3, -0.25) is 9.59 Å². The Hall–Kier alpha value is -2.41. The third-order valence-corrected chi connectivity index (χ3v) is 8.20. The van der Waals surface area contributed by atoms with Gasteiger partial charge in [-0.2, -0.15) is 0 Å². The summed E-state index contributed by atoms with van der Waals surface area (Å²) in [5.74, 6) is -1.30. The lowest BCUT2D eigenvalue weighted by atomic mass is 10.0. The Balaban J connectivity index is 4.33. The van der Waals surface area contributed by atoms with E-state index < -0.39 is 12.0 Å². The van der Waals surface area contributed by atoms with E-state index in [1.54, 1.807) is 0 Å². The molecule has 7 nitrogen and oxygen atoms in total. The number of carbonyl (C=O) groups is 3. The topological polar surface area (TPSA) is 119 Å². The van der Waals surface area contributed by atoms with Gasteiger partial charge in [-0.15, -0.1) is 0 Å². The number of hydrogen-bond donors (Lipinski definition) is 3. The molecule has 2 unspecified atom stereocenters. The van der Waals surface area contributed by atoms with Crippen LogP contribution in [0.3, 0.4) is 0 Å². The standard InChI is InChI=1S/C39H70N2O5/c1-3-5-7-9-11-13-14-15-17-23-27-33-38(43)46-35(29-24-20-16-12-10-8-6-4-2)30-25-21-18-19-22-26-32-37(42)41-36(39(44)45)31-28-34-40/h6,8,12,16,24,29,35-36H,3-5,7,9-11,13-15,17-23,25-28,30-34,40H2,1-2H3,(H,41,42)(H,44,45)/b8-6-,16-12-,29-24-. The molecule has 0 bridgehead atoms. The fourth-order valence-corrected chi connectivity index (χ4v) is 5.38. The lowest BCUT2D eigenvalue weighted by Gasteiger charge is -2.15. The Bertz CT molecular complexity index is 823. The van der Waals surface area contributed by atoms with E-state index in [9.17, 15) is 19.5 Å². The number of nitrogens with one attached hydrogen (secondary N) is 1. The Morgan fingerprint density at radius 3 is 1.74 bits per heavy atom. The van der Waals surface area contributed by atoms with Gasteiger partial charge in [-0.1, -0.05) is 134 Å². The molecule has 0 rings (SSSR count). The molecule has 0 saturated heterocycles. The van der Waals surface area contributed by atoms with Crippen LogP contribution in [0, 0.1) is 0 Å². The first-order chi connectivity index (χ1) is 22.4. The zero-order chi connectivity index (χ0) is 33.9. The van der Waals surface area contributed by atoms with E-state index in [4.69, 9.17) is 10.5 Å². The number of ether oxygens (including phenoxy) is 1. The Kier molecular flexibility index (Phi) is 32.2. The van der Waals surface area contributed by atoms with E-state index >= 15 is 0 Å². The normalized spacial score (nSPS) is 13.1. The van der Waals surface area contributed by atoms with Crippen LogP contribution in [-0.2, 0) is 19.1 Å². The molecular formula is C39H70N2O5. The number of unbranched alkanes of at least 4 members (excludes halogenated alkanes) is 15. The lowest BCUT2D eigenvalue weighted by molar-refractivity contribution is -0.147. The number of aliphatic carboxylic acids is 1. The highest BCUT2D eigenvalue weighted by Crippen LogP contribution is 2.16. The summed E-state index contributed by atoms with van der Waals surface area (Å²) in [6, 6.07) is -0.856. The monoisotopic (exact) mass is 647 g/mol. The number of carboxylic acids is 1. The number of carboxylic acid groups (broad SMARTS) is 1. The maximum Gasteiger partial charge on any atom is 0.326 e. The summed E-state index contributed by atoms with van der Waals surface area (Å²) < 4.78 is 5.89. The predicted octanol–water partition coefficient (Wildman–Crippen LogP) is 9.89. The van der Waals surface area contributed by atoms with Gasteiger partial charge in [0, 0.05) is 12.8 Å². The first-order valence-electron chi connectivity index (χ1n) is 18.8. The van der Waals surface area contributed by atoms with Crippen LogP contribution in [-0.4, -0.2) is 41.6 Å². The molecule has 1 amide bonds. The van der Waals surface area contributed by atoms with Gasteiger partial charge in [-0.05, 0) is 70.4 Å². The molecule has 0 aromatic heterocycles. The molecule has 0 aliphatic heterocycles. The van der Waals surface area contributed by atoms with Crippen molar-refractivity contribution in [3.05, 3.63) is 36.5 Å². The zero-order valence-electron chi connectivity index (χ0n) is 29.7. The minimum Gasteiger partial charge on any atom is -0.480 e. The summed E-state index contributed by atoms with van der Waals surface area (Å²) in [5, 5.41) is 11.9. The van der Waals surface area contributed by atoms with Crippen LogP contribution in [0.25, 0.3) is 0 Å². The first-order valence-corrected chi connectivity index (χ1v) is 18.8. The zero-order valence-corrected chi connectivity index (χ0v) is 29.7. The van der Waals surface area contributed by atoms with E-state index in [1.807, 2.05) is 0 Å². The smallest absolute Gasteiger partial charge is 0.326 e. The molecule has 0 radical (unpaired) electrons. The highest BCUT2D eigenvalue weighted by molar-refractivity contribution is 5.83. The Morgan fingerprint density at radius 1 is 0.652 bits per heavy atom. The maximum atomic E-state index is 12.6. The third-order valence-electron chi connectivity index (χ3n) is 8.20. The van der Waals surface area contributed by atoms with Crippen molar-refractivity contribution in [1.82, 2.24) is 5.32 Å². The number of hydrogen-bond acceptors (Lipinski definition) is 5. The van der Waals surface area contributed by atoms with E-state index in [-0.39, 0.29) is 18.0 Å². The third kappa shape index (κ3) is 30.3. The van der Waals surface area contributed by atoms with Gasteiger partial charge in [0.05, 0.1) is 0 Å². The molecule has 266 valence electrons. The van der Waals surface area contributed by atoms with Crippen molar-refractivity contribution < 1.29 is 24.2 Å². The molecule has 4 N–H and O–H groups in total. The molecule has 0 aliphatic rings. The van der Waals surface area contributed by atoms with Crippen LogP contribution in [0.1, 0.15) is 174 Å². The van der Waals surface area contributed by atoms with Gasteiger partial charge < -0.3 is 20.9 Å². The van der Waals surface area contributed by atoms with Crippen molar-refractivity contribution in [2.45, 2.75) is 187 Å². The average molecular weight is 647 g/mol. The Labute approximate surface area is 282 Å². The summed E-state index contributed by atoms with van der Waals surface area (Å²) in [7, 11) is 0. The minimum absolute atomic E-state index is 0.0859. The molecule has 0 aliphatic carbocycles. The van der Waals surface area contributed by atoms with Crippen molar-refractivity contribution in [1.29, 1.82) is 0 Å². The molecule has 0 aromatic rings. The van der Waals surface area contributed by atoms with Gasteiger partial charge in [0.15, 0.2) is 0 Å².